The van der Waals surface area contributed by atoms with Crippen LogP contribution in [-0.2, 0) is 11.2 Å². The van der Waals surface area contributed by atoms with Crippen LogP contribution < -0.4 is 0 Å². The molecule has 2 aromatic rings. The van der Waals surface area contributed by atoms with Crippen molar-refractivity contribution in [1.82, 2.24) is 20.1 Å². The molecule has 3 heterocycles. The topological polar surface area (TPSA) is 81.4 Å². The fourth-order valence-corrected chi connectivity index (χ4v) is 3.15. The Morgan fingerprint density at radius 2 is 2.30 bits per heavy atom. The number of ether oxygens (including phenoxy) is 1. The summed E-state index contributed by atoms with van der Waals surface area (Å²) in [7, 11) is 0. The average Bonchev–Trinajstić information content (AvgIpc) is 3.23. The molecular weight excluding hydrogens is 316 g/mol. The van der Waals surface area contributed by atoms with Gasteiger partial charge in [0.25, 0.3) is 5.91 Å². The molecule has 1 unspecified atom stereocenters. The molecule has 0 aliphatic carbocycles. The molecule has 124 valence electrons. The number of nitrogens with zero attached hydrogens (tertiary/aromatic N) is 4. The summed E-state index contributed by atoms with van der Waals surface area (Å²) in [5.41, 5.74) is 0. The zero-order valence-corrected chi connectivity index (χ0v) is 14.3. The monoisotopic (exact) mass is 336 g/mol. The number of carbonyl (C=O) groups excluding carboxylic acids is 1. The van der Waals surface area contributed by atoms with Gasteiger partial charge in [0.05, 0.1) is 24.4 Å². The Hall–Kier alpha value is -1.80. The van der Waals surface area contributed by atoms with Crippen LogP contribution in [0.25, 0.3) is 0 Å². The highest BCUT2D eigenvalue weighted by molar-refractivity contribution is 7.13. The van der Waals surface area contributed by atoms with Crippen molar-refractivity contribution < 1.29 is 13.9 Å². The van der Waals surface area contributed by atoms with Crippen molar-refractivity contribution in [1.29, 1.82) is 0 Å². The summed E-state index contributed by atoms with van der Waals surface area (Å²) in [4.78, 5) is 19.3. The second-order valence-electron chi connectivity index (χ2n) is 5.72. The van der Waals surface area contributed by atoms with Crippen LogP contribution in [0.3, 0.4) is 0 Å². The van der Waals surface area contributed by atoms with Gasteiger partial charge in [-0.1, -0.05) is 20.8 Å². The van der Waals surface area contributed by atoms with Gasteiger partial charge >= 0.3 is 0 Å². The summed E-state index contributed by atoms with van der Waals surface area (Å²) in [6.45, 7) is 7.43. The minimum atomic E-state index is -0.369. The van der Waals surface area contributed by atoms with Gasteiger partial charge in [0.2, 0.25) is 11.8 Å². The first-order chi connectivity index (χ1) is 11.1. The molecule has 0 N–H and O–H groups in total. The minimum absolute atomic E-state index is 0.0147. The molecule has 8 heteroatoms. The fourth-order valence-electron chi connectivity index (χ4n) is 2.32. The predicted molar refractivity (Wildman–Crippen MR) is 84.5 cm³/mol. The van der Waals surface area contributed by atoms with E-state index in [-0.39, 0.29) is 17.9 Å². The summed E-state index contributed by atoms with van der Waals surface area (Å²) in [5, 5.41) is 9.05. The summed E-state index contributed by atoms with van der Waals surface area (Å²) in [6.07, 6.45) is 2.12. The van der Waals surface area contributed by atoms with E-state index in [4.69, 9.17) is 9.15 Å². The lowest BCUT2D eigenvalue weighted by molar-refractivity contribution is -0.0349. The Balaban J connectivity index is 1.71. The smallest absolute Gasteiger partial charge is 0.265 e. The molecule has 2 aromatic heterocycles. The molecule has 0 saturated carbocycles. The first-order valence-corrected chi connectivity index (χ1v) is 8.59. The highest BCUT2D eigenvalue weighted by atomic mass is 32.1. The number of hydrogen-bond acceptors (Lipinski definition) is 7. The van der Waals surface area contributed by atoms with Crippen LogP contribution in [0.5, 0.6) is 0 Å². The second kappa shape index (κ2) is 6.76. The molecule has 1 aliphatic rings. The fraction of sp³-hybridized carbons (Fsp3) is 0.600. The normalized spacial score (nSPS) is 18.6. The van der Waals surface area contributed by atoms with Crippen molar-refractivity contribution in [3.8, 4) is 0 Å². The maximum absolute atomic E-state index is 12.6. The van der Waals surface area contributed by atoms with E-state index in [1.54, 1.807) is 11.1 Å². The van der Waals surface area contributed by atoms with Crippen molar-refractivity contribution in [2.24, 2.45) is 0 Å². The average molecular weight is 336 g/mol. The molecule has 1 saturated heterocycles. The van der Waals surface area contributed by atoms with E-state index in [9.17, 15) is 4.79 Å². The summed E-state index contributed by atoms with van der Waals surface area (Å²) in [5.74, 6) is 1.17. The lowest BCUT2D eigenvalue weighted by Crippen LogP contribution is -2.42. The molecule has 1 fully saturated rings. The van der Waals surface area contributed by atoms with Crippen molar-refractivity contribution in [3.63, 3.8) is 0 Å². The molecule has 23 heavy (non-hydrogen) atoms. The van der Waals surface area contributed by atoms with Crippen LogP contribution >= 0.6 is 11.3 Å². The summed E-state index contributed by atoms with van der Waals surface area (Å²) >= 11 is 1.45. The third-order valence-electron chi connectivity index (χ3n) is 3.65. The number of carbonyl (C=O) groups is 1. The van der Waals surface area contributed by atoms with Crippen LogP contribution in [-0.4, -0.2) is 45.7 Å². The number of thiazole rings is 1. The van der Waals surface area contributed by atoms with E-state index in [0.717, 1.165) is 11.4 Å². The number of aryl methyl sites for hydroxylation is 1. The number of aromatic nitrogens is 3. The van der Waals surface area contributed by atoms with Gasteiger partial charge in [0.1, 0.15) is 4.88 Å². The maximum atomic E-state index is 12.6. The highest BCUT2D eigenvalue weighted by Crippen LogP contribution is 2.25. The zero-order chi connectivity index (χ0) is 16.4. The van der Waals surface area contributed by atoms with Crippen molar-refractivity contribution in [2.45, 2.75) is 39.2 Å². The standard InChI is InChI=1S/C15H20N4O3S/c1-4-12-16-7-11(23-12)15(20)19-5-6-21-10(8-19)14-18-17-13(22-14)9(2)3/h7,9-10H,4-6,8H2,1-3H3. The van der Waals surface area contributed by atoms with E-state index >= 15 is 0 Å². The van der Waals surface area contributed by atoms with Gasteiger partial charge in [-0.15, -0.1) is 21.5 Å². The van der Waals surface area contributed by atoms with Gasteiger partial charge in [0.15, 0.2) is 6.10 Å². The number of morpholine rings is 1. The van der Waals surface area contributed by atoms with E-state index in [1.807, 2.05) is 20.8 Å². The van der Waals surface area contributed by atoms with Crippen LogP contribution in [0.1, 0.15) is 59.3 Å². The molecule has 0 radical (unpaired) electrons. The molecule has 7 nitrogen and oxygen atoms in total. The Kier molecular flexibility index (Phi) is 4.72. The first-order valence-electron chi connectivity index (χ1n) is 7.77. The third-order valence-corrected chi connectivity index (χ3v) is 4.78. The lowest BCUT2D eigenvalue weighted by Gasteiger charge is -2.30. The Morgan fingerprint density at radius 3 is 2.96 bits per heavy atom. The number of amides is 1. The molecule has 1 aliphatic heterocycles. The van der Waals surface area contributed by atoms with Gasteiger partial charge in [-0.05, 0) is 6.42 Å². The zero-order valence-electron chi connectivity index (χ0n) is 13.5. The van der Waals surface area contributed by atoms with Gasteiger partial charge in [-0.3, -0.25) is 4.79 Å². The van der Waals surface area contributed by atoms with Crippen molar-refractivity contribution in [2.75, 3.05) is 19.7 Å². The molecule has 0 aromatic carbocycles. The predicted octanol–water partition coefficient (Wildman–Crippen LogP) is 2.43. The molecule has 0 bridgehead atoms. The summed E-state index contributed by atoms with van der Waals surface area (Å²) in [6, 6.07) is 0. The van der Waals surface area contributed by atoms with E-state index in [0.29, 0.717) is 36.4 Å². The molecule has 0 spiro atoms. The maximum Gasteiger partial charge on any atom is 0.265 e. The SMILES string of the molecule is CCc1ncc(C(=O)N2CCOC(c3nnc(C(C)C)o3)C2)s1. The van der Waals surface area contributed by atoms with Crippen molar-refractivity contribution in [3.05, 3.63) is 27.9 Å². The van der Waals surface area contributed by atoms with Crippen LogP contribution in [0.15, 0.2) is 10.6 Å². The van der Waals surface area contributed by atoms with E-state index in [2.05, 4.69) is 15.2 Å². The van der Waals surface area contributed by atoms with Gasteiger partial charge in [0, 0.05) is 12.5 Å². The Morgan fingerprint density at radius 1 is 1.48 bits per heavy atom. The molecule has 1 atom stereocenters. The molecule has 3 rings (SSSR count). The molecule has 1 amide bonds. The van der Waals surface area contributed by atoms with Crippen molar-refractivity contribution >= 4 is 17.2 Å². The second-order valence-corrected chi connectivity index (χ2v) is 6.83. The highest BCUT2D eigenvalue weighted by Gasteiger charge is 2.30. The van der Waals surface area contributed by atoms with Gasteiger partial charge < -0.3 is 14.1 Å². The van der Waals surface area contributed by atoms with Gasteiger partial charge in [-0.2, -0.15) is 0 Å². The summed E-state index contributed by atoms with van der Waals surface area (Å²) < 4.78 is 11.3. The van der Waals surface area contributed by atoms with Crippen LogP contribution in [0.4, 0.5) is 0 Å². The minimum Gasteiger partial charge on any atom is -0.422 e. The number of rotatable bonds is 4. The Labute approximate surface area is 138 Å². The quantitative estimate of drug-likeness (QED) is 0.853. The number of hydrogen-bond donors (Lipinski definition) is 0. The Bertz CT molecular complexity index is 682. The van der Waals surface area contributed by atoms with Crippen LogP contribution in [0.2, 0.25) is 0 Å². The largest absolute Gasteiger partial charge is 0.422 e. The van der Waals surface area contributed by atoms with Crippen LogP contribution in [0, 0.1) is 0 Å². The van der Waals surface area contributed by atoms with Gasteiger partial charge in [-0.25, -0.2) is 4.98 Å². The third kappa shape index (κ3) is 3.42. The molecular formula is C15H20N4O3S. The first kappa shape index (κ1) is 16.1. The lowest BCUT2D eigenvalue weighted by atomic mass is 10.2. The van der Waals surface area contributed by atoms with E-state index < -0.39 is 0 Å². The van der Waals surface area contributed by atoms with E-state index in [1.165, 1.54) is 11.3 Å².